The Balaban J connectivity index is 0.000000392. The third-order valence-electron chi connectivity index (χ3n) is 6.18. The van der Waals surface area contributed by atoms with Crippen molar-refractivity contribution < 1.29 is 34.1 Å². The highest BCUT2D eigenvalue weighted by molar-refractivity contribution is 5.98. The van der Waals surface area contributed by atoms with Crippen molar-refractivity contribution in [2.24, 2.45) is 5.92 Å². The predicted molar refractivity (Wildman–Crippen MR) is 133 cm³/mol. The molecule has 0 aromatic heterocycles. The number of hydrogen-bond acceptors (Lipinski definition) is 6. The molecule has 2 aliphatic rings. The van der Waals surface area contributed by atoms with E-state index in [4.69, 9.17) is 19.7 Å². The fourth-order valence-electron chi connectivity index (χ4n) is 4.33. The van der Waals surface area contributed by atoms with Crippen molar-refractivity contribution in [2.45, 2.75) is 19.4 Å². The number of carboxylic acid groups (broad SMARTS) is 2. The molecule has 0 unspecified atom stereocenters. The van der Waals surface area contributed by atoms with E-state index in [9.17, 15) is 14.4 Å². The summed E-state index contributed by atoms with van der Waals surface area (Å²) in [4.78, 5) is 36.1. The summed E-state index contributed by atoms with van der Waals surface area (Å²) in [5.41, 5.74) is 2.05. The normalized spacial score (nSPS) is 15.8. The zero-order chi connectivity index (χ0) is 25.9. The standard InChI is InChI=1S/C23H28N2O3.C4H4O4/c1-27-21-8-4-5-9-22(21)28-15-14-24-12-10-18(11-13-24)16-25-17-19-6-2-3-7-20(19)23(25)26;5-3(6)1-2-4(7)8/h2-9,18H,10-17H2,1H3;1-2H,(H,5,6)(H,7,8)/b;2-1+. The fraction of sp³-hybridized carbons (Fsp3) is 0.370. The van der Waals surface area contributed by atoms with Gasteiger partial charge in [-0.15, -0.1) is 0 Å². The van der Waals surface area contributed by atoms with Gasteiger partial charge in [-0.1, -0.05) is 30.3 Å². The van der Waals surface area contributed by atoms with Gasteiger partial charge in [0, 0.05) is 37.3 Å². The zero-order valence-electron chi connectivity index (χ0n) is 20.3. The summed E-state index contributed by atoms with van der Waals surface area (Å²) in [5.74, 6) is -0.155. The molecule has 0 spiro atoms. The summed E-state index contributed by atoms with van der Waals surface area (Å²) in [6, 6.07) is 15.7. The Labute approximate surface area is 210 Å². The number of aliphatic carboxylic acids is 2. The minimum absolute atomic E-state index is 0.197. The number of ether oxygens (including phenoxy) is 2. The van der Waals surface area contributed by atoms with Crippen molar-refractivity contribution in [3.8, 4) is 11.5 Å². The van der Waals surface area contributed by atoms with E-state index in [2.05, 4.69) is 11.0 Å². The molecule has 2 aromatic rings. The van der Waals surface area contributed by atoms with Crippen LogP contribution in [0.2, 0.25) is 0 Å². The van der Waals surface area contributed by atoms with Crippen LogP contribution in [-0.4, -0.2) is 77.8 Å². The molecule has 1 saturated heterocycles. The van der Waals surface area contributed by atoms with Crippen molar-refractivity contribution in [1.29, 1.82) is 0 Å². The number of fused-ring (bicyclic) bond motifs is 1. The van der Waals surface area contributed by atoms with Crippen LogP contribution in [0, 0.1) is 5.92 Å². The molecule has 4 rings (SSSR count). The minimum atomic E-state index is -1.26. The summed E-state index contributed by atoms with van der Waals surface area (Å²) >= 11 is 0. The van der Waals surface area contributed by atoms with Crippen LogP contribution < -0.4 is 9.47 Å². The van der Waals surface area contributed by atoms with Gasteiger partial charge in [-0.2, -0.15) is 0 Å². The van der Waals surface area contributed by atoms with E-state index >= 15 is 0 Å². The van der Waals surface area contributed by atoms with Gasteiger partial charge in [0.15, 0.2) is 11.5 Å². The number of para-hydroxylation sites is 2. The second-order valence-corrected chi connectivity index (χ2v) is 8.64. The first-order valence-corrected chi connectivity index (χ1v) is 11.9. The Kier molecular flexibility index (Phi) is 9.88. The molecule has 0 radical (unpaired) electrons. The van der Waals surface area contributed by atoms with Crippen LogP contribution in [0.1, 0.15) is 28.8 Å². The van der Waals surface area contributed by atoms with Gasteiger partial charge in [0.1, 0.15) is 6.61 Å². The Hall–Kier alpha value is -3.85. The second-order valence-electron chi connectivity index (χ2n) is 8.64. The Morgan fingerprint density at radius 1 is 0.972 bits per heavy atom. The molecule has 2 aliphatic heterocycles. The van der Waals surface area contributed by atoms with Crippen LogP contribution >= 0.6 is 0 Å². The lowest BCUT2D eigenvalue weighted by Gasteiger charge is -2.33. The average molecular weight is 497 g/mol. The first-order chi connectivity index (χ1) is 17.4. The SMILES string of the molecule is COc1ccccc1OCCN1CCC(CN2Cc3ccccc3C2=O)CC1.O=C(O)/C=C/C(=O)O. The number of hydrogen-bond donors (Lipinski definition) is 2. The molecule has 2 aromatic carbocycles. The topological polar surface area (TPSA) is 117 Å². The molecule has 1 fully saturated rings. The quantitative estimate of drug-likeness (QED) is 0.509. The maximum atomic E-state index is 12.6. The smallest absolute Gasteiger partial charge is 0.328 e. The van der Waals surface area contributed by atoms with Gasteiger partial charge in [-0.3, -0.25) is 9.69 Å². The second kappa shape index (κ2) is 13.3. The van der Waals surface area contributed by atoms with Gasteiger partial charge in [0.05, 0.1) is 7.11 Å². The summed E-state index contributed by atoms with van der Waals surface area (Å²) < 4.78 is 11.2. The predicted octanol–water partition coefficient (Wildman–Crippen LogP) is 3.15. The van der Waals surface area contributed by atoms with Crippen LogP contribution in [0.15, 0.2) is 60.7 Å². The molecule has 0 saturated carbocycles. The van der Waals surface area contributed by atoms with Crippen molar-refractivity contribution in [2.75, 3.05) is 39.9 Å². The first kappa shape index (κ1) is 26.7. The molecule has 0 aliphatic carbocycles. The third-order valence-corrected chi connectivity index (χ3v) is 6.18. The Morgan fingerprint density at radius 2 is 1.58 bits per heavy atom. The van der Waals surface area contributed by atoms with E-state index in [1.165, 1.54) is 5.56 Å². The molecule has 0 atom stereocenters. The molecule has 9 heteroatoms. The molecular formula is C27H32N2O7. The van der Waals surface area contributed by atoms with Crippen LogP contribution in [0.25, 0.3) is 0 Å². The lowest BCUT2D eigenvalue weighted by molar-refractivity contribution is -0.134. The largest absolute Gasteiger partial charge is 0.493 e. The number of carbonyl (C=O) groups excluding carboxylic acids is 1. The first-order valence-electron chi connectivity index (χ1n) is 11.9. The van der Waals surface area contributed by atoms with Gasteiger partial charge in [0.25, 0.3) is 5.91 Å². The zero-order valence-corrected chi connectivity index (χ0v) is 20.3. The lowest BCUT2D eigenvalue weighted by Crippen LogP contribution is -2.40. The number of nitrogens with zero attached hydrogens (tertiary/aromatic N) is 2. The highest BCUT2D eigenvalue weighted by atomic mass is 16.5. The molecule has 192 valence electrons. The average Bonchev–Trinajstić information content (AvgIpc) is 3.19. The lowest BCUT2D eigenvalue weighted by atomic mass is 9.96. The minimum Gasteiger partial charge on any atom is -0.493 e. The number of rotatable bonds is 9. The fourth-order valence-corrected chi connectivity index (χ4v) is 4.33. The molecule has 9 nitrogen and oxygen atoms in total. The Bertz CT molecular complexity index is 1060. The van der Waals surface area contributed by atoms with Crippen LogP contribution in [0.4, 0.5) is 0 Å². The molecule has 2 N–H and O–H groups in total. The monoisotopic (exact) mass is 496 g/mol. The van der Waals surface area contributed by atoms with Crippen molar-refractivity contribution in [3.05, 3.63) is 71.8 Å². The number of carbonyl (C=O) groups is 3. The molecule has 2 heterocycles. The number of piperidine rings is 1. The van der Waals surface area contributed by atoms with Gasteiger partial charge in [-0.05, 0) is 55.6 Å². The van der Waals surface area contributed by atoms with E-state index in [-0.39, 0.29) is 5.91 Å². The number of likely N-dealkylation sites (tertiary alicyclic amines) is 1. The van der Waals surface area contributed by atoms with Gasteiger partial charge >= 0.3 is 11.9 Å². The summed E-state index contributed by atoms with van der Waals surface area (Å²) in [6.45, 7) is 5.34. The molecule has 1 amide bonds. The number of amides is 1. The van der Waals surface area contributed by atoms with E-state index in [1.807, 2.05) is 47.4 Å². The summed E-state index contributed by atoms with van der Waals surface area (Å²) in [6.07, 6.45) is 3.38. The maximum absolute atomic E-state index is 12.6. The number of methoxy groups -OCH3 is 1. The van der Waals surface area contributed by atoms with Crippen molar-refractivity contribution >= 4 is 17.8 Å². The summed E-state index contributed by atoms with van der Waals surface area (Å²) in [7, 11) is 1.66. The summed E-state index contributed by atoms with van der Waals surface area (Å²) in [5, 5.41) is 15.6. The Morgan fingerprint density at radius 3 is 2.19 bits per heavy atom. The van der Waals surface area contributed by atoms with E-state index < -0.39 is 11.9 Å². The number of carboxylic acids is 2. The van der Waals surface area contributed by atoms with Crippen LogP contribution in [0.3, 0.4) is 0 Å². The van der Waals surface area contributed by atoms with Gasteiger partial charge in [0.2, 0.25) is 0 Å². The third kappa shape index (κ3) is 7.84. The van der Waals surface area contributed by atoms with Crippen LogP contribution in [0.5, 0.6) is 11.5 Å². The maximum Gasteiger partial charge on any atom is 0.328 e. The van der Waals surface area contributed by atoms with E-state index in [0.717, 1.165) is 62.6 Å². The van der Waals surface area contributed by atoms with Crippen LogP contribution in [-0.2, 0) is 16.1 Å². The highest BCUT2D eigenvalue weighted by Gasteiger charge is 2.30. The number of benzene rings is 2. The molecule has 36 heavy (non-hydrogen) atoms. The van der Waals surface area contributed by atoms with Gasteiger partial charge in [-0.25, -0.2) is 9.59 Å². The molecule has 0 bridgehead atoms. The molecular weight excluding hydrogens is 464 g/mol. The van der Waals surface area contributed by atoms with E-state index in [1.54, 1.807) is 7.11 Å². The highest BCUT2D eigenvalue weighted by Crippen LogP contribution is 2.27. The van der Waals surface area contributed by atoms with Crippen molar-refractivity contribution in [1.82, 2.24) is 9.80 Å². The van der Waals surface area contributed by atoms with E-state index in [0.29, 0.717) is 24.7 Å². The van der Waals surface area contributed by atoms with Gasteiger partial charge < -0.3 is 24.6 Å². The van der Waals surface area contributed by atoms with Crippen molar-refractivity contribution in [3.63, 3.8) is 0 Å².